The number of nitro benzene ring substituents is 1. The van der Waals surface area contributed by atoms with Gasteiger partial charge in [0.1, 0.15) is 16.4 Å². The highest BCUT2D eigenvalue weighted by molar-refractivity contribution is 7.17. The van der Waals surface area contributed by atoms with Crippen LogP contribution in [-0.2, 0) is 14.3 Å². The molecule has 1 amide bonds. The van der Waals surface area contributed by atoms with Crippen LogP contribution in [0.4, 0.5) is 10.8 Å². The van der Waals surface area contributed by atoms with E-state index < -0.39 is 34.4 Å². The molecule has 1 saturated heterocycles. The van der Waals surface area contributed by atoms with Gasteiger partial charge in [-0.15, -0.1) is 0 Å². The largest absolute Gasteiger partial charge is 0.507 e. The van der Waals surface area contributed by atoms with Gasteiger partial charge in [-0.25, -0.2) is 9.78 Å². The zero-order valence-electron chi connectivity index (χ0n) is 22.1. The number of rotatable bonds is 10. The molecule has 40 heavy (non-hydrogen) atoms. The number of nitro groups is 1. The number of aryl methyl sites for hydroxylation is 1. The second kappa shape index (κ2) is 12.1. The van der Waals surface area contributed by atoms with Gasteiger partial charge < -0.3 is 14.6 Å². The molecule has 3 aromatic rings. The van der Waals surface area contributed by atoms with E-state index in [4.69, 9.17) is 9.47 Å². The lowest BCUT2D eigenvalue weighted by atomic mass is 9.95. The molecule has 4 rings (SSSR count). The quantitative estimate of drug-likeness (QED) is 0.0653. The molecular weight excluding hydrogens is 538 g/mol. The first-order valence-corrected chi connectivity index (χ1v) is 13.4. The fourth-order valence-corrected chi connectivity index (χ4v) is 5.18. The van der Waals surface area contributed by atoms with Crippen LogP contribution in [0.5, 0.6) is 5.75 Å². The summed E-state index contributed by atoms with van der Waals surface area (Å²) in [7, 11) is 0. The Morgan fingerprint density at radius 1 is 1.12 bits per heavy atom. The summed E-state index contributed by atoms with van der Waals surface area (Å²) in [5.74, 6) is -2.39. The van der Waals surface area contributed by atoms with Crippen LogP contribution in [0, 0.1) is 17.0 Å². The molecule has 2 aromatic carbocycles. The van der Waals surface area contributed by atoms with Crippen molar-refractivity contribution in [1.82, 2.24) is 4.98 Å². The molecule has 0 saturated carbocycles. The fraction of sp³-hybridized carbons (Fsp3) is 0.286. The number of unbranched alkanes of at least 4 members (excludes halogenated alkanes) is 1. The number of thiazole rings is 1. The molecule has 208 valence electrons. The lowest BCUT2D eigenvalue weighted by molar-refractivity contribution is -0.384. The number of carbonyl (C=O) groups excluding carboxylic acids is 3. The summed E-state index contributed by atoms with van der Waals surface area (Å²) < 4.78 is 10.7. The smallest absolute Gasteiger partial charge is 0.350 e. The van der Waals surface area contributed by atoms with Gasteiger partial charge in [-0.2, -0.15) is 0 Å². The zero-order chi connectivity index (χ0) is 29.0. The Morgan fingerprint density at radius 2 is 1.80 bits per heavy atom. The number of ketones is 1. The molecule has 0 unspecified atom stereocenters. The number of ether oxygens (including phenoxy) is 2. The van der Waals surface area contributed by atoms with Crippen molar-refractivity contribution in [2.24, 2.45) is 0 Å². The number of hydrogen-bond acceptors (Lipinski definition) is 10. The van der Waals surface area contributed by atoms with E-state index >= 15 is 0 Å². The average molecular weight is 566 g/mol. The molecule has 1 N–H and O–H groups in total. The minimum atomic E-state index is -1.16. The lowest BCUT2D eigenvalue weighted by Crippen LogP contribution is -2.29. The van der Waals surface area contributed by atoms with Gasteiger partial charge in [0.05, 0.1) is 35.4 Å². The van der Waals surface area contributed by atoms with E-state index in [2.05, 4.69) is 4.98 Å². The summed E-state index contributed by atoms with van der Waals surface area (Å²) in [5, 5.41) is 22.6. The number of nitrogens with zero attached hydrogens (tertiary/aromatic N) is 3. The van der Waals surface area contributed by atoms with Crippen molar-refractivity contribution in [2.75, 3.05) is 18.1 Å². The van der Waals surface area contributed by atoms with Crippen LogP contribution in [-0.4, -0.2) is 45.9 Å². The van der Waals surface area contributed by atoms with E-state index in [-0.39, 0.29) is 33.4 Å². The third-order valence-electron chi connectivity index (χ3n) is 6.21. The molecule has 11 nitrogen and oxygen atoms in total. The zero-order valence-corrected chi connectivity index (χ0v) is 22.9. The number of benzene rings is 2. The third-order valence-corrected chi connectivity index (χ3v) is 7.35. The van der Waals surface area contributed by atoms with Gasteiger partial charge in [0.25, 0.3) is 11.5 Å². The second-order valence-corrected chi connectivity index (χ2v) is 9.85. The first kappa shape index (κ1) is 28.4. The van der Waals surface area contributed by atoms with E-state index in [9.17, 15) is 29.6 Å². The summed E-state index contributed by atoms with van der Waals surface area (Å²) in [6, 6.07) is 10.6. The van der Waals surface area contributed by atoms with Crippen molar-refractivity contribution < 1.29 is 33.9 Å². The minimum Gasteiger partial charge on any atom is -0.507 e. The molecule has 1 atom stereocenters. The average Bonchev–Trinajstić information content (AvgIpc) is 3.45. The van der Waals surface area contributed by atoms with Crippen LogP contribution < -0.4 is 9.64 Å². The Labute approximate surface area is 233 Å². The Morgan fingerprint density at radius 3 is 2.40 bits per heavy atom. The highest BCUT2D eigenvalue weighted by atomic mass is 32.1. The Balaban J connectivity index is 1.82. The number of Topliss-reactive ketones (excluding diaryl/α,β-unsaturated/α-hetero) is 1. The molecule has 1 fully saturated rings. The van der Waals surface area contributed by atoms with Gasteiger partial charge in [0.15, 0.2) is 5.13 Å². The molecule has 1 aliphatic heterocycles. The number of non-ortho nitro benzene ring substituents is 1. The fourth-order valence-electron chi connectivity index (χ4n) is 4.19. The van der Waals surface area contributed by atoms with Crippen LogP contribution in [0.25, 0.3) is 5.76 Å². The maximum Gasteiger partial charge on any atom is 0.350 e. The summed E-state index contributed by atoms with van der Waals surface area (Å²) in [4.78, 5) is 55.4. The first-order valence-electron chi connectivity index (χ1n) is 12.6. The molecule has 0 spiro atoms. The highest BCUT2D eigenvalue weighted by Gasteiger charge is 2.48. The minimum absolute atomic E-state index is 0.0460. The van der Waals surface area contributed by atoms with Gasteiger partial charge in [0, 0.05) is 17.7 Å². The van der Waals surface area contributed by atoms with Crippen molar-refractivity contribution in [3.8, 4) is 5.75 Å². The Hall–Kier alpha value is -4.58. The number of anilines is 1. The number of amides is 1. The van der Waals surface area contributed by atoms with E-state index in [0.29, 0.717) is 23.6 Å². The van der Waals surface area contributed by atoms with Crippen LogP contribution >= 0.6 is 11.3 Å². The van der Waals surface area contributed by atoms with E-state index in [1.165, 1.54) is 24.3 Å². The van der Waals surface area contributed by atoms with Crippen molar-refractivity contribution in [2.45, 2.75) is 39.7 Å². The van der Waals surface area contributed by atoms with Crippen LogP contribution in [0.3, 0.4) is 0 Å². The first-order chi connectivity index (χ1) is 19.2. The molecule has 12 heteroatoms. The standard InChI is InChI=1S/C28H27N3O8S/c1-4-6-15-39-20-13-9-18(10-14-20)23(32)21-22(17-7-11-19(12-8-17)31(36)37)30(26(34)24(21)33)28-29-16(3)25(40-28)27(35)38-5-2/h7-14,22,32H,4-6,15H2,1-3H3/t22-/m1/s1. The molecule has 1 aliphatic rings. The molecular formula is C28H27N3O8S. The molecule has 0 aliphatic carbocycles. The van der Waals surface area contributed by atoms with Crippen molar-refractivity contribution >= 4 is 45.6 Å². The van der Waals surface area contributed by atoms with E-state index in [1.54, 1.807) is 38.1 Å². The van der Waals surface area contributed by atoms with Gasteiger partial charge in [0.2, 0.25) is 0 Å². The number of carbonyl (C=O) groups is 3. The predicted molar refractivity (Wildman–Crippen MR) is 148 cm³/mol. The van der Waals surface area contributed by atoms with Gasteiger partial charge in [-0.05, 0) is 62.2 Å². The second-order valence-electron chi connectivity index (χ2n) is 8.88. The molecule has 2 heterocycles. The number of aromatic nitrogens is 1. The number of esters is 1. The maximum atomic E-state index is 13.4. The van der Waals surface area contributed by atoms with Gasteiger partial charge in [-0.3, -0.25) is 24.6 Å². The lowest BCUT2D eigenvalue weighted by Gasteiger charge is -2.23. The highest BCUT2D eigenvalue weighted by Crippen LogP contribution is 2.44. The van der Waals surface area contributed by atoms with Crippen molar-refractivity contribution in [3.05, 3.63) is 85.9 Å². The van der Waals surface area contributed by atoms with E-state index in [1.807, 2.05) is 6.92 Å². The molecule has 0 radical (unpaired) electrons. The summed E-state index contributed by atoms with van der Waals surface area (Å²) in [5.41, 5.74) is 0.506. The predicted octanol–water partition coefficient (Wildman–Crippen LogP) is 5.34. The SMILES string of the molecule is CCCCOc1ccc(C(O)=C2C(=O)C(=O)N(c3nc(C)c(C(=O)OCC)s3)[C@@H]2c2ccc([N+](=O)[O-])cc2)cc1. The molecule has 0 bridgehead atoms. The van der Waals surface area contributed by atoms with Gasteiger partial charge >= 0.3 is 11.9 Å². The Kier molecular flexibility index (Phi) is 8.58. The number of aliphatic hydroxyl groups is 1. The summed E-state index contributed by atoms with van der Waals surface area (Å²) >= 11 is 0.876. The van der Waals surface area contributed by atoms with Crippen molar-refractivity contribution in [3.63, 3.8) is 0 Å². The van der Waals surface area contributed by atoms with Crippen molar-refractivity contribution in [1.29, 1.82) is 0 Å². The molecule has 1 aromatic heterocycles. The monoisotopic (exact) mass is 565 g/mol. The van der Waals surface area contributed by atoms with Crippen LogP contribution in [0.15, 0.2) is 54.1 Å². The van der Waals surface area contributed by atoms with Crippen LogP contribution in [0.2, 0.25) is 0 Å². The summed E-state index contributed by atoms with van der Waals surface area (Å²) in [6.45, 7) is 5.96. The number of hydrogen-bond donors (Lipinski definition) is 1. The number of aliphatic hydroxyl groups excluding tert-OH is 1. The topological polar surface area (TPSA) is 149 Å². The third kappa shape index (κ3) is 5.57. The Bertz CT molecular complexity index is 1480. The van der Waals surface area contributed by atoms with Crippen LogP contribution in [0.1, 0.15) is 59.2 Å². The van der Waals surface area contributed by atoms with E-state index in [0.717, 1.165) is 29.1 Å². The normalized spacial score (nSPS) is 16.3. The van der Waals surface area contributed by atoms with Gasteiger partial charge in [-0.1, -0.05) is 24.7 Å². The maximum absolute atomic E-state index is 13.4. The summed E-state index contributed by atoms with van der Waals surface area (Å²) in [6.07, 6.45) is 1.86.